The Labute approximate surface area is 265 Å². The second kappa shape index (κ2) is 12.1. The highest BCUT2D eigenvalue weighted by Gasteiger charge is 2.24. The van der Waals surface area contributed by atoms with Gasteiger partial charge in [-0.3, -0.25) is 13.9 Å². The summed E-state index contributed by atoms with van der Waals surface area (Å²) in [5.74, 6) is 4.94. The zero-order valence-electron chi connectivity index (χ0n) is 25.7. The Kier molecular flexibility index (Phi) is 7.83. The maximum atomic E-state index is 15.1. The van der Waals surface area contributed by atoms with Gasteiger partial charge >= 0.3 is 0 Å². The Morgan fingerprint density at radius 3 is 2.67 bits per heavy atom. The van der Waals surface area contributed by atoms with Gasteiger partial charge in [0.25, 0.3) is 5.91 Å². The Bertz CT molecular complexity index is 2190. The monoisotopic (exact) mass is 611 g/mol. The van der Waals surface area contributed by atoms with E-state index in [2.05, 4.69) is 43.6 Å². The molecule has 4 aromatic heterocycles. The van der Waals surface area contributed by atoms with E-state index >= 15 is 4.39 Å². The number of anilines is 3. The van der Waals surface area contributed by atoms with Crippen LogP contribution in [0.3, 0.4) is 0 Å². The number of nitriles is 1. The van der Waals surface area contributed by atoms with E-state index in [0.29, 0.717) is 34.7 Å². The molecule has 0 radical (unpaired) electrons. The molecule has 0 saturated carbocycles. The molecule has 228 valence electrons. The zero-order chi connectivity index (χ0) is 32.4. The molecule has 0 atom stereocenters. The average Bonchev–Trinajstić information content (AvgIpc) is 3.80. The number of nitrogens with one attached hydrogen (secondary N) is 2. The second-order valence-corrected chi connectivity index (χ2v) is 11.5. The molecule has 0 spiro atoms. The molecule has 2 N–H and O–H groups in total. The molecule has 0 fully saturated rings. The quantitative estimate of drug-likeness (QED) is 0.215. The number of carbonyl (C=O) groups excluding carboxylic acids is 1. The van der Waals surface area contributed by atoms with Crippen LogP contribution in [-0.2, 0) is 19.0 Å². The molecular formula is C35H30FN9O. The summed E-state index contributed by atoms with van der Waals surface area (Å²) in [5.41, 5.74) is 5.17. The van der Waals surface area contributed by atoms with Crippen LogP contribution in [-0.4, -0.2) is 34.6 Å². The number of fused-ring (bicyclic) bond motifs is 1. The molecule has 2 aromatic carbocycles. The highest BCUT2D eigenvalue weighted by atomic mass is 19.1. The lowest BCUT2D eigenvalue weighted by Crippen LogP contribution is -2.20. The Morgan fingerprint density at radius 2 is 1.93 bits per heavy atom. The number of amides is 1. The molecule has 46 heavy (non-hydrogen) atoms. The maximum Gasteiger partial charge on any atom is 0.258 e. The number of nitrogens with zero attached hydrogens (tertiary/aromatic N) is 7. The van der Waals surface area contributed by atoms with E-state index in [1.165, 1.54) is 12.1 Å². The number of carbonyl (C=O) groups is 1. The van der Waals surface area contributed by atoms with Crippen LogP contribution in [0.4, 0.5) is 21.5 Å². The van der Waals surface area contributed by atoms with Crippen LogP contribution in [0.15, 0.2) is 86.0 Å². The van der Waals surface area contributed by atoms with Crippen LogP contribution in [0.2, 0.25) is 0 Å². The van der Waals surface area contributed by atoms with Crippen molar-refractivity contribution >= 4 is 28.6 Å². The molecule has 0 unspecified atom stereocenters. The third-order valence-corrected chi connectivity index (χ3v) is 7.64. The summed E-state index contributed by atoms with van der Waals surface area (Å²) in [4.78, 5) is 22.0. The number of hydrogen-bond donors (Lipinski definition) is 2. The van der Waals surface area contributed by atoms with E-state index in [-0.39, 0.29) is 5.56 Å². The van der Waals surface area contributed by atoms with Crippen molar-refractivity contribution in [2.45, 2.75) is 32.7 Å². The summed E-state index contributed by atoms with van der Waals surface area (Å²) in [5, 5.41) is 20.2. The molecule has 1 amide bonds. The van der Waals surface area contributed by atoms with Crippen LogP contribution >= 0.6 is 0 Å². The highest BCUT2D eigenvalue weighted by Crippen LogP contribution is 2.30. The van der Waals surface area contributed by atoms with Gasteiger partial charge in [0.2, 0.25) is 0 Å². The minimum Gasteiger partial charge on any atom is -0.350 e. The minimum atomic E-state index is -0.831. The largest absolute Gasteiger partial charge is 0.350 e. The van der Waals surface area contributed by atoms with Gasteiger partial charge in [-0.15, -0.1) is 0 Å². The summed E-state index contributed by atoms with van der Waals surface area (Å²) in [6, 6.07) is 14.3. The summed E-state index contributed by atoms with van der Waals surface area (Å²) in [6.07, 6.45) is 12.3. The first kappa shape index (κ1) is 29.9. The SMILES string of the molecule is Cc1cc(F)c(C(=O)Nc2ccc(Cn3ccnc3)c(C(C)(C)C#N)c2)cc1C#Cc1cnc2c(Nc3cnn(C)c3)cccn12. The van der Waals surface area contributed by atoms with Gasteiger partial charge < -0.3 is 15.2 Å². The molecule has 6 rings (SSSR count). The molecule has 0 aliphatic heterocycles. The number of aromatic nitrogens is 6. The van der Waals surface area contributed by atoms with E-state index in [4.69, 9.17) is 0 Å². The van der Waals surface area contributed by atoms with Crippen LogP contribution in [0.5, 0.6) is 0 Å². The molecular weight excluding hydrogens is 581 g/mol. The third kappa shape index (κ3) is 6.07. The lowest BCUT2D eigenvalue weighted by atomic mass is 9.82. The van der Waals surface area contributed by atoms with Gasteiger partial charge in [-0.1, -0.05) is 12.0 Å². The third-order valence-electron chi connectivity index (χ3n) is 7.64. The molecule has 11 heteroatoms. The van der Waals surface area contributed by atoms with Crippen LogP contribution in [0.25, 0.3) is 5.65 Å². The van der Waals surface area contributed by atoms with E-state index in [0.717, 1.165) is 22.5 Å². The molecule has 0 aliphatic rings. The Morgan fingerprint density at radius 1 is 1.09 bits per heavy atom. The Hall–Kier alpha value is -6.20. The summed E-state index contributed by atoms with van der Waals surface area (Å²) in [6.45, 7) is 5.89. The minimum absolute atomic E-state index is 0.139. The molecule has 10 nitrogen and oxygen atoms in total. The van der Waals surface area contributed by atoms with Crippen molar-refractivity contribution in [2.24, 2.45) is 7.05 Å². The maximum absolute atomic E-state index is 15.1. The first-order valence-electron chi connectivity index (χ1n) is 14.5. The summed E-state index contributed by atoms with van der Waals surface area (Å²) < 4.78 is 20.6. The van der Waals surface area contributed by atoms with Crippen molar-refractivity contribution in [2.75, 3.05) is 10.6 Å². The van der Waals surface area contributed by atoms with Crippen molar-refractivity contribution < 1.29 is 9.18 Å². The topological polar surface area (TPSA) is 118 Å². The van der Waals surface area contributed by atoms with Gasteiger partial charge in [-0.05, 0) is 79.8 Å². The average molecular weight is 612 g/mol. The zero-order valence-corrected chi connectivity index (χ0v) is 25.7. The van der Waals surface area contributed by atoms with Gasteiger partial charge in [0, 0.05) is 49.6 Å². The fourth-order valence-corrected chi connectivity index (χ4v) is 5.16. The number of pyridine rings is 1. The van der Waals surface area contributed by atoms with Crippen molar-refractivity contribution in [3.63, 3.8) is 0 Å². The molecule has 0 bridgehead atoms. The van der Waals surface area contributed by atoms with Crippen molar-refractivity contribution in [3.8, 4) is 17.9 Å². The molecule has 4 heterocycles. The predicted octanol–water partition coefficient (Wildman–Crippen LogP) is 5.96. The van der Waals surface area contributed by atoms with Gasteiger partial charge in [0.15, 0.2) is 5.65 Å². The van der Waals surface area contributed by atoms with Gasteiger partial charge in [-0.2, -0.15) is 10.4 Å². The molecule has 0 saturated heterocycles. The highest BCUT2D eigenvalue weighted by molar-refractivity contribution is 6.04. The predicted molar refractivity (Wildman–Crippen MR) is 173 cm³/mol. The summed E-state index contributed by atoms with van der Waals surface area (Å²) >= 11 is 0. The van der Waals surface area contributed by atoms with E-state index < -0.39 is 17.1 Å². The number of hydrogen-bond acceptors (Lipinski definition) is 6. The number of imidazole rings is 2. The first-order valence-corrected chi connectivity index (χ1v) is 14.5. The van der Waals surface area contributed by atoms with Gasteiger partial charge in [0.1, 0.15) is 11.5 Å². The Balaban J connectivity index is 1.27. The number of rotatable bonds is 7. The van der Waals surface area contributed by atoms with Crippen molar-refractivity contribution in [1.29, 1.82) is 5.26 Å². The fourth-order valence-electron chi connectivity index (χ4n) is 5.16. The smallest absolute Gasteiger partial charge is 0.258 e. The number of halogens is 1. The van der Waals surface area contributed by atoms with E-state index in [1.807, 2.05) is 66.7 Å². The number of benzene rings is 2. The van der Waals surface area contributed by atoms with Gasteiger partial charge in [0.05, 0.1) is 47.1 Å². The lowest BCUT2D eigenvalue weighted by molar-refractivity contribution is 0.102. The standard InChI is InChI=1S/C35H30FN9O/c1-23-14-31(36)29(34(46)42-26-9-7-25(19-44-13-11-38-22-44)30(16-26)35(2,3)21-37)15-24(23)8-10-28-18-39-33-32(6-5-12-45(28)33)41-27-17-40-43(4)20-27/h5-7,9,11-18,20,22,41H,19H2,1-4H3,(H,42,46). The summed E-state index contributed by atoms with van der Waals surface area (Å²) in [7, 11) is 1.84. The van der Waals surface area contributed by atoms with E-state index in [1.54, 1.807) is 48.7 Å². The number of aryl methyl sites for hydroxylation is 2. The van der Waals surface area contributed by atoms with Crippen LogP contribution in [0.1, 0.15) is 52.2 Å². The first-order chi connectivity index (χ1) is 22.1. The van der Waals surface area contributed by atoms with Crippen molar-refractivity contribution in [1.82, 2.24) is 28.7 Å². The normalized spacial score (nSPS) is 11.1. The van der Waals surface area contributed by atoms with Crippen LogP contribution in [0, 0.1) is 35.9 Å². The van der Waals surface area contributed by atoms with Gasteiger partial charge in [-0.25, -0.2) is 14.4 Å². The molecule has 6 aromatic rings. The lowest BCUT2D eigenvalue weighted by Gasteiger charge is -2.22. The molecule has 0 aliphatic carbocycles. The fraction of sp³-hybridized carbons (Fsp3) is 0.171. The second-order valence-electron chi connectivity index (χ2n) is 11.5. The van der Waals surface area contributed by atoms with Crippen molar-refractivity contribution in [3.05, 3.63) is 125 Å². The van der Waals surface area contributed by atoms with Crippen LogP contribution < -0.4 is 10.6 Å². The van der Waals surface area contributed by atoms with E-state index in [9.17, 15) is 10.1 Å².